The van der Waals surface area contributed by atoms with Crippen molar-refractivity contribution in [2.45, 2.75) is 18.2 Å². The molecule has 1 aliphatic heterocycles. The van der Waals surface area contributed by atoms with E-state index in [2.05, 4.69) is 21.2 Å². The quantitative estimate of drug-likeness (QED) is 0.455. The summed E-state index contributed by atoms with van der Waals surface area (Å²) in [7, 11) is 1.60. The van der Waals surface area contributed by atoms with Crippen LogP contribution in [0, 0.1) is 0 Å². The first-order valence-corrected chi connectivity index (χ1v) is 12.0. The Bertz CT molecular complexity index is 1150. The maximum Gasteiger partial charge on any atom is 0.238 e. The molecule has 3 aromatic rings. The lowest BCUT2D eigenvalue weighted by molar-refractivity contribution is -0.129. The molecule has 0 spiro atoms. The molecule has 0 aliphatic carbocycles. The van der Waals surface area contributed by atoms with Crippen LogP contribution in [-0.4, -0.2) is 34.2 Å². The van der Waals surface area contributed by atoms with E-state index in [-0.39, 0.29) is 18.2 Å². The van der Waals surface area contributed by atoms with Gasteiger partial charge in [-0.3, -0.25) is 14.5 Å². The predicted molar refractivity (Wildman–Crippen MR) is 136 cm³/mol. The van der Waals surface area contributed by atoms with Crippen molar-refractivity contribution in [2.24, 2.45) is 4.99 Å². The van der Waals surface area contributed by atoms with E-state index in [1.165, 1.54) is 11.8 Å². The minimum Gasteiger partial charge on any atom is -0.497 e. The van der Waals surface area contributed by atoms with Gasteiger partial charge in [-0.05, 0) is 54.1 Å². The second-order valence-electron chi connectivity index (χ2n) is 7.36. The van der Waals surface area contributed by atoms with Gasteiger partial charge >= 0.3 is 0 Å². The summed E-state index contributed by atoms with van der Waals surface area (Å²) in [4.78, 5) is 32.5. The molecule has 3 aromatic carbocycles. The molecule has 4 rings (SSSR count). The zero-order valence-electron chi connectivity index (χ0n) is 17.9. The Balaban J connectivity index is 1.59. The van der Waals surface area contributed by atoms with E-state index in [1.54, 1.807) is 12.0 Å². The molecule has 0 aromatic heterocycles. The molecule has 1 aliphatic rings. The minimum atomic E-state index is -0.579. The van der Waals surface area contributed by atoms with E-state index >= 15 is 0 Å². The first-order chi connectivity index (χ1) is 16.0. The summed E-state index contributed by atoms with van der Waals surface area (Å²) in [5.74, 6) is 0.359. The summed E-state index contributed by atoms with van der Waals surface area (Å²) in [6.45, 7) is 0.392. The highest BCUT2D eigenvalue weighted by atomic mass is 79.9. The van der Waals surface area contributed by atoms with E-state index in [0.717, 1.165) is 15.8 Å². The zero-order valence-corrected chi connectivity index (χ0v) is 20.3. The molecule has 6 nitrogen and oxygen atoms in total. The summed E-state index contributed by atoms with van der Waals surface area (Å²) < 4.78 is 6.14. The number of carbonyl (C=O) groups is 2. The summed E-state index contributed by atoms with van der Waals surface area (Å²) >= 11 is 4.69. The third-order valence-electron chi connectivity index (χ3n) is 5.02. The molecule has 0 saturated carbocycles. The van der Waals surface area contributed by atoms with Crippen molar-refractivity contribution in [1.82, 2.24) is 4.90 Å². The van der Waals surface area contributed by atoms with Gasteiger partial charge in [0.15, 0.2) is 5.17 Å². The van der Waals surface area contributed by atoms with Crippen LogP contribution in [0.1, 0.15) is 12.0 Å². The van der Waals surface area contributed by atoms with Gasteiger partial charge in [-0.15, -0.1) is 0 Å². The van der Waals surface area contributed by atoms with Gasteiger partial charge in [0.1, 0.15) is 11.0 Å². The molecule has 1 fully saturated rings. The SMILES string of the molecule is COc1ccc(N=C2SC(C(=O)Nc3ccc(Br)cc3)CC(=O)N2Cc2ccccc2)cc1. The summed E-state index contributed by atoms with van der Waals surface area (Å²) in [5.41, 5.74) is 2.35. The fourth-order valence-electron chi connectivity index (χ4n) is 3.29. The van der Waals surface area contributed by atoms with Gasteiger partial charge in [0.2, 0.25) is 11.8 Å². The van der Waals surface area contributed by atoms with Crippen LogP contribution in [0.5, 0.6) is 5.75 Å². The number of amides is 2. The normalized spacial score (nSPS) is 17.2. The van der Waals surface area contributed by atoms with Crippen molar-refractivity contribution < 1.29 is 14.3 Å². The molecule has 1 atom stereocenters. The second kappa shape index (κ2) is 10.7. The highest BCUT2D eigenvalue weighted by Gasteiger charge is 2.36. The van der Waals surface area contributed by atoms with Crippen LogP contribution in [0.3, 0.4) is 0 Å². The highest BCUT2D eigenvalue weighted by Crippen LogP contribution is 2.31. The van der Waals surface area contributed by atoms with Crippen molar-refractivity contribution in [3.8, 4) is 5.75 Å². The molecule has 8 heteroatoms. The molecule has 2 amide bonds. The van der Waals surface area contributed by atoms with E-state index in [9.17, 15) is 9.59 Å². The van der Waals surface area contributed by atoms with E-state index in [1.807, 2.05) is 78.9 Å². The molecular weight excluding hydrogens is 502 g/mol. The number of methoxy groups -OCH3 is 1. The average Bonchev–Trinajstić information content (AvgIpc) is 2.83. The van der Waals surface area contributed by atoms with Crippen molar-refractivity contribution in [3.63, 3.8) is 0 Å². The van der Waals surface area contributed by atoms with E-state index in [4.69, 9.17) is 9.73 Å². The number of halogens is 1. The Labute approximate surface area is 205 Å². The van der Waals surface area contributed by atoms with Gasteiger partial charge in [0.25, 0.3) is 0 Å². The Morgan fingerprint density at radius 3 is 2.45 bits per heavy atom. The molecule has 1 saturated heterocycles. The number of thioether (sulfide) groups is 1. The standard InChI is InChI=1S/C25H22BrN3O3S/c1-32-21-13-11-20(12-14-21)28-25-29(16-17-5-3-2-4-6-17)23(30)15-22(33-25)24(31)27-19-9-7-18(26)8-10-19/h2-14,22H,15-16H2,1H3,(H,27,31). The smallest absolute Gasteiger partial charge is 0.238 e. The fraction of sp³-hybridized carbons (Fsp3) is 0.160. The minimum absolute atomic E-state index is 0.0987. The molecule has 168 valence electrons. The number of amidine groups is 1. The van der Waals surface area contributed by atoms with Crippen molar-refractivity contribution in [2.75, 3.05) is 12.4 Å². The molecule has 1 N–H and O–H groups in total. The van der Waals surface area contributed by atoms with Gasteiger partial charge in [-0.1, -0.05) is 58.0 Å². The number of rotatable bonds is 6. The maximum atomic E-state index is 13.1. The monoisotopic (exact) mass is 523 g/mol. The van der Waals surface area contributed by atoms with Crippen LogP contribution >= 0.6 is 27.7 Å². The largest absolute Gasteiger partial charge is 0.497 e. The lowest BCUT2D eigenvalue weighted by atomic mass is 10.2. The number of benzene rings is 3. The van der Waals surface area contributed by atoms with Gasteiger partial charge in [-0.2, -0.15) is 0 Å². The Hall–Kier alpha value is -3.10. The lowest BCUT2D eigenvalue weighted by Crippen LogP contribution is -2.44. The number of hydrogen-bond acceptors (Lipinski definition) is 5. The van der Waals surface area contributed by atoms with Crippen LogP contribution < -0.4 is 10.1 Å². The molecular formula is C25H22BrN3O3S. The van der Waals surface area contributed by atoms with Crippen LogP contribution in [0.25, 0.3) is 0 Å². The first-order valence-electron chi connectivity index (χ1n) is 10.3. The number of nitrogens with one attached hydrogen (secondary N) is 1. The maximum absolute atomic E-state index is 13.1. The average molecular weight is 524 g/mol. The molecule has 1 heterocycles. The lowest BCUT2D eigenvalue weighted by Gasteiger charge is -2.32. The van der Waals surface area contributed by atoms with Gasteiger partial charge < -0.3 is 10.1 Å². The van der Waals surface area contributed by atoms with Crippen LogP contribution in [0.2, 0.25) is 0 Å². The van der Waals surface area contributed by atoms with Gasteiger partial charge in [0, 0.05) is 16.6 Å². The van der Waals surface area contributed by atoms with Gasteiger partial charge in [-0.25, -0.2) is 4.99 Å². The third-order valence-corrected chi connectivity index (χ3v) is 6.74. The number of anilines is 1. The topological polar surface area (TPSA) is 71.0 Å². The number of carbonyl (C=O) groups excluding carboxylic acids is 2. The van der Waals surface area contributed by atoms with E-state index in [0.29, 0.717) is 23.1 Å². The Morgan fingerprint density at radius 2 is 1.79 bits per heavy atom. The van der Waals surface area contributed by atoms with E-state index < -0.39 is 5.25 Å². The van der Waals surface area contributed by atoms with Crippen molar-refractivity contribution in [3.05, 3.63) is 88.9 Å². The Morgan fingerprint density at radius 1 is 1.09 bits per heavy atom. The summed E-state index contributed by atoms with van der Waals surface area (Å²) in [6, 6.07) is 24.3. The predicted octanol–water partition coefficient (Wildman–Crippen LogP) is 5.62. The van der Waals surface area contributed by atoms with Crippen LogP contribution in [0.4, 0.5) is 11.4 Å². The number of aliphatic imine (C=N–C) groups is 1. The number of ether oxygens (including phenoxy) is 1. The molecule has 1 unspecified atom stereocenters. The second-order valence-corrected chi connectivity index (χ2v) is 9.45. The van der Waals surface area contributed by atoms with Crippen molar-refractivity contribution in [1.29, 1.82) is 0 Å². The summed E-state index contributed by atoms with van der Waals surface area (Å²) in [6.07, 6.45) is 0.0987. The van der Waals surface area contributed by atoms with Crippen molar-refractivity contribution >= 4 is 56.0 Å². The number of nitrogens with zero attached hydrogens (tertiary/aromatic N) is 2. The molecule has 0 bridgehead atoms. The van der Waals surface area contributed by atoms with Gasteiger partial charge in [0.05, 0.1) is 19.3 Å². The first kappa shape index (κ1) is 23.1. The summed E-state index contributed by atoms with van der Waals surface area (Å²) in [5, 5.41) is 2.82. The Kier molecular flexibility index (Phi) is 7.47. The highest BCUT2D eigenvalue weighted by molar-refractivity contribution is 9.10. The number of hydrogen-bond donors (Lipinski definition) is 1. The third kappa shape index (κ3) is 6.03. The van der Waals surface area contributed by atoms with Crippen LogP contribution in [-0.2, 0) is 16.1 Å². The zero-order chi connectivity index (χ0) is 23.2. The van der Waals surface area contributed by atoms with Crippen LogP contribution in [0.15, 0.2) is 88.3 Å². The molecule has 33 heavy (non-hydrogen) atoms. The fourth-order valence-corrected chi connectivity index (χ4v) is 4.65. The molecule has 0 radical (unpaired) electrons.